The Morgan fingerprint density at radius 2 is 1.95 bits per heavy atom. The fraction of sp³-hybridized carbons (Fsp3) is 0.278. The first kappa shape index (κ1) is 16.0. The largest absolute Gasteiger partial charge is 0.508 e. The molecule has 0 saturated heterocycles. The molecule has 1 amide bonds. The number of aryl methyl sites for hydroxylation is 2. The van der Waals surface area contributed by atoms with Gasteiger partial charge in [0.05, 0.1) is 6.54 Å². The molecule has 3 nitrogen and oxygen atoms in total. The number of carbonyl (C=O) groups is 1. The van der Waals surface area contributed by atoms with Crippen molar-refractivity contribution in [3.8, 4) is 5.75 Å². The predicted molar refractivity (Wildman–Crippen MR) is 85.5 cm³/mol. The zero-order valence-electron chi connectivity index (χ0n) is 13.1. The number of amides is 1. The van der Waals surface area contributed by atoms with Crippen molar-refractivity contribution in [2.45, 2.75) is 33.7 Å². The van der Waals surface area contributed by atoms with E-state index in [1.54, 1.807) is 12.1 Å². The van der Waals surface area contributed by atoms with Gasteiger partial charge in [-0.1, -0.05) is 25.1 Å². The van der Waals surface area contributed by atoms with Crippen molar-refractivity contribution >= 4 is 11.6 Å². The van der Waals surface area contributed by atoms with E-state index < -0.39 is 5.82 Å². The van der Waals surface area contributed by atoms with Crippen molar-refractivity contribution in [2.75, 3.05) is 4.90 Å². The van der Waals surface area contributed by atoms with E-state index in [2.05, 4.69) is 0 Å². The van der Waals surface area contributed by atoms with Crippen LogP contribution >= 0.6 is 0 Å². The van der Waals surface area contributed by atoms with E-state index in [1.807, 2.05) is 26.0 Å². The molecule has 0 fully saturated rings. The zero-order chi connectivity index (χ0) is 16.3. The highest BCUT2D eigenvalue weighted by Gasteiger charge is 2.17. The van der Waals surface area contributed by atoms with Gasteiger partial charge in [-0.15, -0.1) is 0 Å². The summed E-state index contributed by atoms with van der Waals surface area (Å²) < 4.78 is 13.5. The van der Waals surface area contributed by atoms with Gasteiger partial charge in [-0.3, -0.25) is 4.79 Å². The molecule has 0 spiro atoms. The molecule has 0 aromatic heterocycles. The predicted octanol–water partition coefficient (Wildman–Crippen LogP) is 3.96. The van der Waals surface area contributed by atoms with Crippen molar-refractivity contribution in [1.82, 2.24) is 0 Å². The SMILES string of the molecule is CCc1ccc(O)c(CN(C(C)=O)c2cc(F)ccc2C)c1. The van der Waals surface area contributed by atoms with Crippen LogP contribution in [0.15, 0.2) is 36.4 Å². The highest BCUT2D eigenvalue weighted by molar-refractivity contribution is 5.92. The topological polar surface area (TPSA) is 40.5 Å². The maximum atomic E-state index is 13.5. The third kappa shape index (κ3) is 3.45. The van der Waals surface area contributed by atoms with Crippen LogP contribution in [0.25, 0.3) is 0 Å². The summed E-state index contributed by atoms with van der Waals surface area (Å²) in [7, 11) is 0. The summed E-state index contributed by atoms with van der Waals surface area (Å²) in [6.45, 7) is 5.49. The summed E-state index contributed by atoms with van der Waals surface area (Å²) in [6.07, 6.45) is 0.840. The minimum absolute atomic E-state index is 0.137. The Morgan fingerprint density at radius 1 is 1.23 bits per heavy atom. The van der Waals surface area contributed by atoms with E-state index in [1.165, 1.54) is 24.0 Å². The molecule has 0 bridgehead atoms. The second kappa shape index (κ2) is 6.60. The molecule has 4 heteroatoms. The molecule has 22 heavy (non-hydrogen) atoms. The van der Waals surface area contributed by atoms with Gasteiger partial charge in [0, 0.05) is 18.2 Å². The number of halogens is 1. The molecule has 2 rings (SSSR count). The van der Waals surface area contributed by atoms with Gasteiger partial charge in [-0.2, -0.15) is 0 Å². The molecule has 1 N–H and O–H groups in total. The van der Waals surface area contributed by atoms with Gasteiger partial charge < -0.3 is 10.0 Å². The molecule has 0 saturated carbocycles. The van der Waals surface area contributed by atoms with E-state index in [0.717, 1.165) is 17.5 Å². The molecule has 0 radical (unpaired) electrons. The van der Waals surface area contributed by atoms with Gasteiger partial charge >= 0.3 is 0 Å². The lowest BCUT2D eigenvalue weighted by atomic mass is 10.1. The van der Waals surface area contributed by atoms with Gasteiger partial charge in [-0.05, 0) is 42.7 Å². The molecule has 2 aromatic rings. The molecule has 116 valence electrons. The lowest BCUT2D eigenvalue weighted by Gasteiger charge is -2.24. The molecule has 0 aliphatic carbocycles. The second-order valence-corrected chi connectivity index (χ2v) is 5.35. The zero-order valence-corrected chi connectivity index (χ0v) is 13.1. The van der Waals surface area contributed by atoms with E-state index in [-0.39, 0.29) is 18.2 Å². The van der Waals surface area contributed by atoms with Crippen molar-refractivity contribution in [3.63, 3.8) is 0 Å². The summed E-state index contributed by atoms with van der Waals surface area (Å²) in [4.78, 5) is 13.5. The molecule has 0 aliphatic rings. The van der Waals surface area contributed by atoms with E-state index in [9.17, 15) is 14.3 Å². The number of benzene rings is 2. The fourth-order valence-corrected chi connectivity index (χ4v) is 2.40. The van der Waals surface area contributed by atoms with Gasteiger partial charge in [0.1, 0.15) is 11.6 Å². The Kier molecular flexibility index (Phi) is 4.81. The van der Waals surface area contributed by atoms with Crippen molar-refractivity contribution in [3.05, 3.63) is 58.9 Å². The first-order chi connectivity index (χ1) is 10.4. The minimum Gasteiger partial charge on any atom is -0.508 e. The number of rotatable bonds is 4. The normalized spacial score (nSPS) is 10.5. The van der Waals surface area contributed by atoms with E-state index in [4.69, 9.17) is 0 Å². The first-order valence-corrected chi connectivity index (χ1v) is 7.27. The van der Waals surface area contributed by atoms with Gasteiger partial charge in [0.15, 0.2) is 0 Å². The average molecular weight is 301 g/mol. The van der Waals surface area contributed by atoms with Gasteiger partial charge in [0.2, 0.25) is 5.91 Å². The monoisotopic (exact) mass is 301 g/mol. The molecule has 0 heterocycles. The van der Waals surface area contributed by atoms with Crippen LogP contribution in [0, 0.1) is 12.7 Å². The van der Waals surface area contributed by atoms with Crippen LogP contribution in [0.3, 0.4) is 0 Å². The summed E-state index contributed by atoms with van der Waals surface area (Å²) in [5.74, 6) is -0.453. The first-order valence-electron chi connectivity index (χ1n) is 7.27. The number of carbonyl (C=O) groups excluding carboxylic acids is 1. The average Bonchev–Trinajstić information content (AvgIpc) is 2.49. The fourth-order valence-electron chi connectivity index (χ4n) is 2.40. The van der Waals surface area contributed by atoms with Crippen LogP contribution in [0.4, 0.5) is 10.1 Å². The van der Waals surface area contributed by atoms with Crippen LogP contribution in [-0.4, -0.2) is 11.0 Å². The van der Waals surface area contributed by atoms with E-state index in [0.29, 0.717) is 11.3 Å². The Morgan fingerprint density at radius 3 is 2.59 bits per heavy atom. The highest BCUT2D eigenvalue weighted by Crippen LogP contribution is 2.27. The van der Waals surface area contributed by atoms with E-state index >= 15 is 0 Å². The maximum Gasteiger partial charge on any atom is 0.224 e. The number of phenols is 1. The quantitative estimate of drug-likeness (QED) is 0.928. The Balaban J connectivity index is 2.42. The number of nitrogens with zero attached hydrogens (tertiary/aromatic N) is 1. The summed E-state index contributed by atoms with van der Waals surface area (Å²) in [6, 6.07) is 9.71. The van der Waals surface area contributed by atoms with Gasteiger partial charge in [-0.25, -0.2) is 4.39 Å². The number of phenolic OH excluding ortho intramolecular Hbond substituents is 1. The summed E-state index contributed by atoms with van der Waals surface area (Å²) in [5.41, 5.74) is 3.06. The Hall–Kier alpha value is -2.36. The standard InChI is InChI=1S/C18H20FNO2/c1-4-14-6-8-18(22)15(9-14)11-20(13(3)21)17-10-16(19)7-5-12(17)2/h5-10,22H,4,11H2,1-3H3. The maximum absolute atomic E-state index is 13.5. The number of hydrogen-bond acceptors (Lipinski definition) is 2. The van der Waals surface area contributed by atoms with Crippen LogP contribution < -0.4 is 4.90 Å². The lowest BCUT2D eigenvalue weighted by molar-refractivity contribution is -0.116. The highest BCUT2D eigenvalue weighted by atomic mass is 19.1. The third-order valence-corrected chi connectivity index (χ3v) is 3.72. The van der Waals surface area contributed by atoms with Crippen molar-refractivity contribution < 1.29 is 14.3 Å². The third-order valence-electron chi connectivity index (χ3n) is 3.72. The van der Waals surface area contributed by atoms with Crippen LogP contribution in [0.1, 0.15) is 30.5 Å². The molecular weight excluding hydrogens is 281 g/mol. The summed E-state index contributed by atoms with van der Waals surface area (Å²) >= 11 is 0. The minimum atomic E-state index is -0.390. The van der Waals surface area contributed by atoms with Crippen molar-refractivity contribution in [2.24, 2.45) is 0 Å². The number of anilines is 1. The smallest absolute Gasteiger partial charge is 0.224 e. The van der Waals surface area contributed by atoms with Crippen LogP contribution in [0.2, 0.25) is 0 Å². The Bertz CT molecular complexity index is 697. The lowest BCUT2D eigenvalue weighted by Crippen LogP contribution is -2.28. The van der Waals surface area contributed by atoms with Crippen molar-refractivity contribution in [1.29, 1.82) is 0 Å². The van der Waals surface area contributed by atoms with Gasteiger partial charge in [0.25, 0.3) is 0 Å². The van der Waals surface area contributed by atoms with Crippen LogP contribution in [-0.2, 0) is 17.8 Å². The molecule has 0 aliphatic heterocycles. The van der Waals surface area contributed by atoms with Crippen LogP contribution in [0.5, 0.6) is 5.75 Å². The summed E-state index contributed by atoms with van der Waals surface area (Å²) in [5, 5.41) is 10.0. The molecule has 0 unspecified atom stereocenters. The Labute approximate surface area is 130 Å². The molecule has 0 atom stereocenters. The molecule has 2 aromatic carbocycles. The number of hydrogen-bond donors (Lipinski definition) is 1. The molecular formula is C18H20FNO2. The second-order valence-electron chi connectivity index (χ2n) is 5.35. The number of aromatic hydroxyl groups is 1.